The Balaban J connectivity index is 3.43. The van der Waals surface area contributed by atoms with Crippen LogP contribution in [0, 0.1) is 0 Å². The van der Waals surface area contributed by atoms with E-state index >= 15 is 0 Å². The molecule has 0 heterocycles. The zero-order chi connectivity index (χ0) is 27.9. The van der Waals surface area contributed by atoms with Gasteiger partial charge in [0, 0.05) is 12.8 Å². The smallest absolute Gasteiger partial charge is 0.306 e. The molecule has 1 atom stereocenters. The highest BCUT2D eigenvalue weighted by Crippen LogP contribution is 2.15. The molecule has 0 saturated carbocycles. The van der Waals surface area contributed by atoms with Gasteiger partial charge in [-0.15, -0.1) is 0 Å². The summed E-state index contributed by atoms with van der Waals surface area (Å²) in [5.74, 6) is -0.596. The van der Waals surface area contributed by atoms with E-state index in [-0.39, 0.29) is 25.2 Å². The Morgan fingerprint density at radius 1 is 0.500 bits per heavy atom. The van der Waals surface area contributed by atoms with Crippen LogP contribution >= 0.6 is 0 Å². The number of carbonyl (C=O) groups is 2. The van der Waals surface area contributed by atoms with Crippen LogP contribution in [0.5, 0.6) is 0 Å². The highest BCUT2D eigenvalue weighted by molar-refractivity contribution is 5.70. The molecule has 0 amide bonds. The molecule has 226 valence electrons. The summed E-state index contributed by atoms with van der Waals surface area (Å²) in [4.78, 5) is 23.8. The number of hydrogen-bond acceptors (Lipinski definition) is 5. The first-order valence-electron chi connectivity index (χ1n) is 16.6. The minimum absolute atomic E-state index is 0.0603. The number of rotatable bonds is 30. The van der Waals surface area contributed by atoms with Crippen LogP contribution in [0.4, 0.5) is 0 Å². The molecule has 1 unspecified atom stereocenters. The van der Waals surface area contributed by atoms with Gasteiger partial charge in [-0.05, 0) is 12.8 Å². The zero-order valence-electron chi connectivity index (χ0n) is 25.5. The van der Waals surface area contributed by atoms with E-state index in [0.717, 1.165) is 38.5 Å². The molecule has 0 saturated heterocycles. The van der Waals surface area contributed by atoms with Crippen molar-refractivity contribution in [1.29, 1.82) is 0 Å². The van der Waals surface area contributed by atoms with Crippen molar-refractivity contribution in [2.24, 2.45) is 0 Å². The van der Waals surface area contributed by atoms with Crippen molar-refractivity contribution in [2.45, 2.75) is 187 Å². The number of ether oxygens (including phenoxy) is 2. The second-order valence-corrected chi connectivity index (χ2v) is 11.3. The second kappa shape index (κ2) is 30.4. The van der Waals surface area contributed by atoms with Crippen LogP contribution in [0.3, 0.4) is 0 Å². The lowest BCUT2D eigenvalue weighted by Crippen LogP contribution is -2.28. The van der Waals surface area contributed by atoms with Crippen molar-refractivity contribution in [3.8, 4) is 0 Å². The van der Waals surface area contributed by atoms with Crippen molar-refractivity contribution in [3.63, 3.8) is 0 Å². The first kappa shape index (κ1) is 36.9. The van der Waals surface area contributed by atoms with Crippen molar-refractivity contribution in [2.75, 3.05) is 13.2 Å². The van der Waals surface area contributed by atoms with Gasteiger partial charge in [0.05, 0.1) is 6.61 Å². The molecule has 0 aliphatic heterocycles. The predicted molar refractivity (Wildman–Crippen MR) is 159 cm³/mol. The van der Waals surface area contributed by atoms with Crippen molar-refractivity contribution in [1.82, 2.24) is 0 Å². The quantitative estimate of drug-likeness (QED) is 0.0725. The van der Waals surface area contributed by atoms with Gasteiger partial charge >= 0.3 is 11.9 Å². The third-order valence-corrected chi connectivity index (χ3v) is 7.40. The number of hydrogen-bond donors (Lipinski definition) is 1. The van der Waals surface area contributed by atoms with Crippen LogP contribution in [-0.2, 0) is 19.1 Å². The molecule has 0 aromatic heterocycles. The maximum absolute atomic E-state index is 12.0. The topological polar surface area (TPSA) is 72.8 Å². The van der Waals surface area contributed by atoms with E-state index in [1.807, 2.05) is 0 Å². The Hall–Kier alpha value is -1.10. The van der Waals surface area contributed by atoms with E-state index < -0.39 is 6.10 Å². The molecular weight excluding hydrogens is 476 g/mol. The SMILES string of the molecule is CCCCCCCCCCCCCCCCCCCCCC(=O)OC(CO)COC(=O)CCCCCCC. The Bertz CT molecular complexity index is 508. The van der Waals surface area contributed by atoms with E-state index in [1.165, 1.54) is 116 Å². The molecule has 5 nitrogen and oxygen atoms in total. The van der Waals surface area contributed by atoms with Gasteiger partial charge in [0.25, 0.3) is 0 Å². The molecule has 0 aliphatic carbocycles. The molecule has 38 heavy (non-hydrogen) atoms. The minimum atomic E-state index is -0.758. The van der Waals surface area contributed by atoms with Gasteiger partial charge in [-0.25, -0.2) is 0 Å². The van der Waals surface area contributed by atoms with Crippen LogP contribution in [0.25, 0.3) is 0 Å². The summed E-state index contributed by atoms with van der Waals surface area (Å²) in [6, 6.07) is 0. The minimum Gasteiger partial charge on any atom is -0.462 e. The van der Waals surface area contributed by atoms with Crippen LogP contribution in [0.2, 0.25) is 0 Å². The molecule has 0 aliphatic rings. The third-order valence-electron chi connectivity index (χ3n) is 7.40. The zero-order valence-corrected chi connectivity index (χ0v) is 25.5. The fourth-order valence-corrected chi connectivity index (χ4v) is 4.85. The van der Waals surface area contributed by atoms with Crippen molar-refractivity contribution >= 4 is 11.9 Å². The van der Waals surface area contributed by atoms with Crippen molar-refractivity contribution in [3.05, 3.63) is 0 Å². The summed E-state index contributed by atoms with van der Waals surface area (Å²) in [5.41, 5.74) is 0. The van der Waals surface area contributed by atoms with Gasteiger partial charge < -0.3 is 14.6 Å². The first-order chi connectivity index (χ1) is 18.6. The summed E-state index contributed by atoms with van der Waals surface area (Å²) in [5, 5.41) is 9.43. The maximum atomic E-state index is 12.0. The van der Waals surface area contributed by atoms with Gasteiger partial charge in [0.1, 0.15) is 6.61 Å². The average Bonchev–Trinajstić information content (AvgIpc) is 2.92. The molecule has 0 bridgehead atoms. The summed E-state index contributed by atoms with van der Waals surface area (Å²) < 4.78 is 10.4. The molecule has 1 N–H and O–H groups in total. The monoisotopic (exact) mass is 540 g/mol. The lowest BCUT2D eigenvalue weighted by Gasteiger charge is -2.15. The highest BCUT2D eigenvalue weighted by atomic mass is 16.6. The van der Waals surface area contributed by atoms with E-state index in [0.29, 0.717) is 12.8 Å². The molecule has 0 aromatic carbocycles. The number of carbonyl (C=O) groups excluding carboxylic acids is 2. The van der Waals surface area contributed by atoms with E-state index in [1.54, 1.807) is 0 Å². The van der Waals surface area contributed by atoms with Gasteiger partial charge in [-0.1, -0.05) is 155 Å². The summed E-state index contributed by atoms with van der Waals surface area (Å²) in [6.45, 7) is 4.05. The average molecular weight is 541 g/mol. The molecule has 5 heteroatoms. The van der Waals surface area contributed by atoms with Crippen molar-refractivity contribution < 1.29 is 24.2 Å². The van der Waals surface area contributed by atoms with Gasteiger partial charge in [0.15, 0.2) is 6.10 Å². The fourth-order valence-electron chi connectivity index (χ4n) is 4.85. The maximum Gasteiger partial charge on any atom is 0.306 e. The van der Waals surface area contributed by atoms with E-state index in [4.69, 9.17) is 9.47 Å². The lowest BCUT2D eigenvalue weighted by atomic mass is 10.0. The summed E-state index contributed by atoms with van der Waals surface area (Å²) in [7, 11) is 0. The summed E-state index contributed by atoms with van der Waals surface area (Å²) in [6.07, 6.45) is 30.5. The predicted octanol–water partition coefficient (Wildman–Crippen LogP) is 9.62. The van der Waals surface area contributed by atoms with Crippen LogP contribution < -0.4 is 0 Å². The third kappa shape index (κ3) is 27.9. The van der Waals surface area contributed by atoms with Crippen LogP contribution in [0.15, 0.2) is 0 Å². The molecule has 0 fully saturated rings. The standard InChI is InChI=1S/C33H64O5/c1-3-5-7-9-10-11-12-13-14-15-16-17-18-19-20-21-22-24-26-28-33(36)38-31(29-34)30-37-32(35)27-25-23-8-6-4-2/h31,34H,3-30H2,1-2H3. The van der Waals surface area contributed by atoms with Crippen LogP contribution in [-0.4, -0.2) is 36.4 Å². The molecular formula is C33H64O5. The molecule has 0 rings (SSSR count). The van der Waals surface area contributed by atoms with E-state index in [2.05, 4.69) is 13.8 Å². The van der Waals surface area contributed by atoms with Crippen LogP contribution in [0.1, 0.15) is 181 Å². The largest absolute Gasteiger partial charge is 0.462 e. The van der Waals surface area contributed by atoms with Gasteiger partial charge in [-0.2, -0.15) is 0 Å². The highest BCUT2D eigenvalue weighted by Gasteiger charge is 2.16. The number of aliphatic hydroxyl groups excluding tert-OH is 1. The number of esters is 2. The lowest BCUT2D eigenvalue weighted by molar-refractivity contribution is -0.161. The van der Waals surface area contributed by atoms with E-state index in [9.17, 15) is 14.7 Å². The Kier molecular flexibility index (Phi) is 29.6. The van der Waals surface area contributed by atoms with Gasteiger partial charge in [0.2, 0.25) is 0 Å². The Morgan fingerprint density at radius 3 is 1.16 bits per heavy atom. The van der Waals surface area contributed by atoms with Gasteiger partial charge in [-0.3, -0.25) is 9.59 Å². The Morgan fingerprint density at radius 2 is 0.816 bits per heavy atom. The molecule has 0 aromatic rings. The molecule has 0 radical (unpaired) electrons. The Labute approximate surface area is 236 Å². The second-order valence-electron chi connectivity index (χ2n) is 11.3. The summed E-state index contributed by atoms with van der Waals surface area (Å²) >= 11 is 0. The molecule has 0 spiro atoms. The number of unbranched alkanes of at least 4 members (excludes halogenated alkanes) is 22. The normalized spacial score (nSPS) is 12.0. The fraction of sp³-hybridized carbons (Fsp3) is 0.939. The first-order valence-corrected chi connectivity index (χ1v) is 16.6. The number of aliphatic hydroxyl groups is 1.